The van der Waals surface area contributed by atoms with E-state index in [2.05, 4.69) is 189 Å². The van der Waals surface area contributed by atoms with Crippen molar-refractivity contribution in [3.8, 4) is 33.4 Å². The summed E-state index contributed by atoms with van der Waals surface area (Å²) in [6.45, 7) is 5.07. The van der Waals surface area contributed by atoms with Gasteiger partial charge in [0.05, 0.1) is 0 Å². The molecule has 7 aromatic carbocycles. The Labute approximate surface area is 301 Å². The predicted octanol–water partition coefficient (Wildman–Crippen LogP) is 11.9. The van der Waals surface area contributed by atoms with Crippen LogP contribution < -0.4 is 10.4 Å². The van der Waals surface area contributed by atoms with E-state index in [-0.39, 0.29) is 0 Å². The van der Waals surface area contributed by atoms with Crippen LogP contribution in [0.25, 0.3) is 61.0 Å². The Balaban J connectivity index is 1.14. The molecule has 0 fully saturated rings. The zero-order chi connectivity index (χ0) is 34.1. The second kappa shape index (κ2) is 11.7. The van der Waals surface area contributed by atoms with Crippen molar-refractivity contribution >= 4 is 46.1 Å². The fraction of sp³-hybridized carbons (Fsp3) is 0.0800. The number of fused-ring (bicyclic) bond motifs is 2. The van der Waals surface area contributed by atoms with Crippen molar-refractivity contribution in [2.75, 3.05) is 0 Å². The lowest BCUT2D eigenvalue weighted by atomic mass is 9.71. The molecule has 0 nitrogen and oxygen atoms in total. The van der Waals surface area contributed by atoms with E-state index in [0.717, 1.165) is 6.42 Å². The van der Waals surface area contributed by atoms with E-state index in [1.807, 2.05) is 0 Å². The van der Waals surface area contributed by atoms with Gasteiger partial charge in [0.25, 0.3) is 0 Å². The van der Waals surface area contributed by atoms with E-state index >= 15 is 0 Å². The van der Waals surface area contributed by atoms with Crippen molar-refractivity contribution in [2.24, 2.45) is 0 Å². The molecular weight excluding hydrogens is 629 g/mol. The average molecular weight is 667 g/mol. The molecule has 1 heteroatoms. The fourth-order valence-corrected chi connectivity index (χ4v) is 11.8. The van der Waals surface area contributed by atoms with E-state index < -0.39 is 8.07 Å². The molecule has 1 atom stereocenters. The molecule has 1 unspecified atom stereocenters. The molecule has 0 spiro atoms. The van der Waals surface area contributed by atoms with Gasteiger partial charge < -0.3 is 0 Å². The van der Waals surface area contributed by atoms with Crippen LogP contribution in [0.15, 0.2) is 181 Å². The number of allylic oxidation sites excluding steroid dienone is 7. The first-order valence-corrected chi connectivity index (χ1v) is 21.2. The Morgan fingerprint density at radius 2 is 1.14 bits per heavy atom. The van der Waals surface area contributed by atoms with Crippen molar-refractivity contribution in [3.05, 3.63) is 198 Å². The van der Waals surface area contributed by atoms with Crippen molar-refractivity contribution in [1.29, 1.82) is 0 Å². The zero-order valence-corrected chi connectivity index (χ0v) is 30.0. The summed E-state index contributed by atoms with van der Waals surface area (Å²) in [6.07, 6.45) is 15.1. The monoisotopic (exact) mass is 666 g/mol. The molecule has 0 radical (unpaired) electrons. The SMILES string of the molecule is C[Si](C)(c1ccc(-c2c3ccccc3c(-c3ccccc3)c3ccc(-c4ccccc4)cc23)cc1)c1ccc2c3c1C=CC1=CC=CC(=CC2)C13. The van der Waals surface area contributed by atoms with Crippen molar-refractivity contribution in [3.63, 3.8) is 0 Å². The minimum atomic E-state index is -2.06. The molecule has 0 heterocycles. The van der Waals surface area contributed by atoms with Crippen LogP contribution in [0.4, 0.5) is 0 Å². The molecule has 0 N–H and O–H groups in total. The lowest BCUT2D eigenvalue weighted by Crippen LogP contribution is -2.54. The van der Waals surface area contributed by atoms with Gasteiger partial charge in [0.2, 0.25) is 0 Å². The Bertz CT molecular complexity index is 2650. The van der Waals surface area contributed by atoms with Crippen molar-refractivity contribution in [1.82, 2.24) is 0 Å². The molecule has 3 aliphatic carbocycles. The topological polar surface area (TPSA) is 0 Å². The summed E-state index contributed by atoms with van der Waals surface area (Å²) in [6, 6.07) is 52.3. The molecule has 242 valence electrons. The van der Waals surface area contributed by atoms with Gasteiger partial charge in [-0.1, -0.05) is 188 Å². The van der Waals surface area contributed by atoms with Crippen LogP contribution in [0.1, 0.15) is 22.6 Å². The van der Waals surface area contributed by atoms with E-state index in [1.54, 1.807) is 5.56 Å². The number of hydrogen-bond donors (Lipinski definition) is 0. The molecule has 10 rings (SSSR count). The molecule has 3 aliphatic rings. The lowest BCUT2D eigenvalue weighted by Gasteiger charge is -2.36. The molecular formula is C50H38Si. The molecule has 0 saturated carbocycles. The van der Waals surface area contributed by atoms with Crippen LogP contribution in [0.3, 0.4) is 0 Å². The van der Waals surface area contributed by atoms with Crippen LogP contribution in [0.2, 0.25) is 13.1 Å². The highest BCUT2D eigenvalue weighted by Crippen LogP contribution is 2.47. The second-order valence-electron chi connectivity index (χ2n) is 14.8. The van der Waals surface area contributed by atoms with E-state index in [4.69, 9.17) is 0 Å². The molecule has 0 aromatic heterocycles. The highest BCUT2D eigenvalue weighted by Gasteiger charge is 2.36. The zero-order valence-electron chi connectivity index (χ0n) is 29.0. The summed E-state index contributed by atoms with van der Waals surface area (Å²) in [7, 11) is -2.06. The van der Waals surface area contributed by atoms with Gasteiger partial charge in [-0.25, -0.2) is 0 Å². The first-order valence-electron chi connectivity index (χ1n) is 18.2. The van der Waals surface area contributed by atoms with Crippen LogP contribution in [0.5, 0.6) is 0 Å². The fourth-order valence-electron chi connectivity index (χ4n) is 9.08. The van der Waals surface area contributed by atoms with Crippen LogP contribution in [-0.2, 0) is 6.42 Å². The highest BCUT2D eigenvalue weighted by molar-refractivity contribution is 7.00. The van der Waals surface area contributed by atoms with Gasteiger partial charge in [0.1, 0.15) is 8.07 Å². The van der Waals surface area contributed by atoms with Crippen molar-refractivity contribution in [2.45, 2.75) is 25.4 Å². The summed E-state index contributed by atoms with van der Waals surface area (Å²) >= 11 is 0. The Hall–Kier alpha value is -5.76. The highest BCUT2D eigenvalue weighted by atomic mass is 28.3. The molecule has 0 bridgehead atoms. The van der Waals surface area contributed by atoms with E-state index in [9.17, 15) is 0 Å². The van der Waals surface area contributed by atoms with Gasteiger partial charge in [-0.05, 0) is 100 Å². The van der Waals surface area contributed by atoms with E-state index in [1.165, 1.54) is 87.6 Å². The second-order valence-corrected chi connectivity index (χ2v) is 19.2. The first kappa shape index (κ1) is 30.1. The third-order valence-corrected chi connectivity index (χ3v) is 15.2. The van der Waals surface area contributed by atoms with Gasteiger partial charge >= 0.3 is 0 Å². The Morgan fingerprint density at radius 3 is 1.88 bits per heavy atom. The van der Waals surface area contributed by atoms with Crippen LogP contribution >= 0.6 is 0 Å². The van der Waals surface area contributed by atoms with Crippen molar-refractivity contribution < 1.29 is 0 Å². The summed E-state index contributed by atoms with van der Waals surface area (Å²) in [5.41, 5.74) is 15.0. The minimum Gasteiger partial charge on any atom is -0.0759 e. The summed E-state index contributed by atoms with van der Waals surface area (Å²) < 4.78 is 0. The molecule has 0 saturated heterocycles. The normalized spacial score (nSPS) is 15.8. The van der Waals surface area contributed by atoms with Gasteiger partial charge in [-0.2, -0.15) is 0 Å². The minimum absolute atomic E-state index is 0.382. The predicted molar refractivity (Wildman–Crippen MR) is 222 cm³/mol. The van der Waals surface area contributed by atoms with Crippen LogP contribution in [0, 0.1) is 0 Å². The molecule has 0 amide bonds. The summed E-state index contributed by atoms with van der Waals surface area (Å²) in [4.78, 5) is 0. The summed E-state index contributed by atoms with van der Waals surface area (Å²) in [5.74, 6) is 0.382. The Morgan fingerprint density at radius 1 is 0.510 bits per heavy atom. The maximum Gasteiger partial charge on any atom is 0.113 e. The summed E-state index contributed by atoms with van der Waals surface area (Å²) in [5, 5.41) is 8.15. The molecule has 0 aliphatic heterocycles. The maximum atomic E-state index is 2.53. The standard InChI is InChI=1S/C50H38Si/c1-51(2,46-31-26-38-21-20-35-16-11-17-36-24-30-44(46)50(38)47(35)36)40-27-22-37(23-28-40)49-42-19-10-9-18-41(42)48(34-14-7-4-8-15-34)43-29-25-39(32-45(43)49)33-12-5-3-6-13-33/h3-20,22-32,47H,21H2,1-2H3. The van der Waals surface area contributed by atoms with Gasteiger partial charge in [0, 0.05) is 5.92 Å². The molecule has 7 aromatic rings. The quantitative estimate of drug-likeness (QED) is 0.127. The smallest absolute Gasteiger partial charge is 0.0759 e. The number of rotatable bonds is 5. The lowest BCUT2D eigenvalue weighted by molar-refractivity contribution is 0.894. The number of hydrogen-bond acceptors (Lipinski definition) is 0. The average Bonchev–Trinajstić information content (AvgIpc) is 3.19. The van der Waals surface area contributed by atoms with E-state index in [0.29, 0.717) is 5.92 Å². The maximum absolute atomic E-state index is 2.53. The first-order chi connectivity index (χ1) is 25.1. The third-order valence-electron chi connectivity index (χ3n) is 11.7. The Kier molecular flexibility index (Phi) is 6.88. The van der Waals surface area contributed by atoms with Gasteiger partial charge in [-0.3, -0.25) is 0 Å². The molecule has 51 heavy (non-hydrogen) atoms. The van der Waals surface area contributed by atoms with Gasteiger partial charge in [0.15, 0.2) is 0 Å². The van der Waals surface area contributed by atoms with Gasteiger partial charge in [-0.15, -0.1) is 0 Å². The number of benzene rings is 7. The third kappa shape index (κ3) is 4.72. The van der Waals surface area contributed by atoms with Crippen LogP contribution in [-0.4, -0.2) is 8.07 Å². The largest absolute Gasteiger partial charge is 0.113 e.